The second-order valence-electron chi connectivity index (χ2n) is 6.92. The van der Waals surface area contributed by atoms with Gasteiger partial charge in [0.1, 0.15) is 0 Å². The van der Waals surface area contributed by atoms with E-state index in [-0.39, 0.29) is 17.6 Å². The highest BCUT2D eigenvalue weighted by atomic mass is 35.5. The maximum absolute atomic E-state index is 13.1. The van der Waals surface area contributed by atoms with Gasteiger partial charge in [-0.25, -0.2) is 0 Å². The molecule has 2 aromatic rings. The van der Waals surface area contributed by atoms with Crippen LogP contribution >= 0.6 is 11.6 Å². The van der Waals surface area contributed by atoms with Crippen LogP contribution in [0.25, 0.3) is 0 Å². The van der Waals surface area contributed by atoms with Gasteiger partial charge in [-0.2, -0.15) is 0 Å². The monoisotopic (exact) mass is 365 g/mol. The lowest BCUT2D eigenvalue weighted by Crippen LogP contribution is -2.40. The lowest BCUT2D eigenvalue weighted by atomic mass is 9.77. The van der Waals surface area contributed by atoms with E-state index in [2.05, 4.69) is 0 Å². The average Bonchev–Trinajstić information content (AvgIpc) is 2.65. The summed E-state index contributed by atoms with van der Waals surface area (Å²) in [6.45, 7) is 1.92. The first-order valence-electron chi connectivity index (χ1n) is 8.97. The molecule has 4 rings (SSSR count). The number of carbonyl (C=O) groups is 2. The number of anilines is 1. The lowest BCUT2D eigenvalue weighted by Gasteiger charge is -2.39. The van der Waals surface area contributed by atoms with E-state index in [0.29, 0.717) is 17.9 Å². The second kappa shape index (κ2) is 6.73. The molecule has 1 amide bonds. The number of ketones is 1. The summed E-state index contributed by atoms with van der Waals surface area (Å²) in [5.41, 5.74) is 4.35. The molecule has 3 nitrogen and oxygen atoms in total. The van der Waals surface area contributed by atoms with Gasteiger partial charge in [-0.1, -0.05) is 48.0 Å². The first kappa shape index (κ1) is 17.0. The van der Waals surface area contributed by atoms with Crippen LogP contribution < -0.4 is 4.90 Å². The summed E-state index contributed by atoms with van der Waals surface area (Å²) in [6, 6.07) is 15.5. The van der Waals surface area contributed by atoms with Crippen molar-refractivity contribution >= 4 is 29.0 Å². The van der Waals surface area contributed by atoms with E-state index >= 15 is 0 Å². The van der Waals surface area contributed by atoms with Crippen LogP contribution in [0.2, 0.25) is 5.02 Å². The minimum absolute atomic E-state index is 0.0256. The van der Waals surface area contributed by atoms with Crippen LogP contribution in [-0.4, -0.2) is 11.7 Å². The zero-order valence-electron chi connectivity index (χ0n) is 14.7. The maximum Gasteiger partial charge on any atom is 0.232 e. The molecule has 0 spiro atoms. The molecular formula is C22H20ClNO2. The second-order valence-corrected chi connectivity index (χ2v) is 7.32. The molecule has 0 aromatic heterocycles. The van der Waals surface area contributed by atoms with Gasteiger partial charge in [-0.3, -0.25) is 14.5 Å². The Kier molecular flexibility index (Phi) is 4.41. The fourth-order valence-electron chi connectivity index (χ4n) is 4.08. The Morgan fingerprint density at radius 3 is 2.54 bits per heavy atom. The molecule has 1 aliphatic heterocycles. The van der Waals surface area contributed by atoms with Crippen molar-refractivity contribution in [3.8, 4) is 0 Å². The van der Waals surface area contributed by atoms with E-state index < -0.39 is 0 Å². The highest BCUT2D eigenvalue weighted by Gasteiger charge is 2.40. The molecule has 2 aliphatic rings. The fraction of sp³-hybridized carbons (Fsp3) is 0.273. The molecule has 0 N–H and O–H groups in total. The molecule has 0 fully saturated rings. The van der Waals surface area contributed by atoms with Crippen molar-refractivity contribution in [3.05, 3.63) is 76.0 Å². The molecule has 132 valence electrons. The van der Waals surface area contributed by atoms with Gasteiger partial charge in [0.05, 0.1) is 5.69 Å². The SMILES string of the molecule is Cc1c(Cl)cccc1N1C(=O)CC(c2ccccc2)C2=C1CCCC2=O. The summed E-state index contributed by atoms with van der Waals surface area (Å²) in [6.07, 6.45) is 2.38. The Balaban J connectivity index is 1.90. The first-order valence-corrected chi connectivity index (χ1v) is 9.35. The van der Waals surface area contributed by atoms with Gasteiger partial charge in [-0.05, 0) is 43.0 Å². The zero-order chi connectivity index (χ0) is 18.3. The molecule has 0 radical (unpaired) electrons. The van der Waals surface area contributed by atoms with Crippen LogP contribution in [0.1, 0.15) is 42.7 Å². The van der Waals surface area contributed by atoms with Crippen LogP contribution in [0.3, 0.4) is 0 Å². The van der Waals surface area contributed by atoms with Gasteiger partial charge in [0.2, 0.25) is 5.91 Å². The molecule has 1 aliphatic carbocycles. The van der Waals surface area contributed by atoms with Gasteiger partial charge >= 0.3 is 0 Å². The van der Waals surface area contributed by atoms with Crippen molar-refractivity contribution in [2.24, 2.45) is 0 Å². The highest BCUT2D eigenvalue weighted by Crippen LogP contribution is 2.44. The summed E-state index contributed by atoms with van der Waals surface area (Å²) in [7, 11) is 0. The summed E-state index contributed by atoms with van der Waals surface area (Å²) < 4.78 is 0. The van der Waals surface area contributed by atoms with Crippen molar-refractivity contribution in [1.29, 1.82) is 0 Å². The van der Waals surface area contributed by atoms with Crippen molar-refractivity contribution < 1.29 is 9.59 Å². The summed E-state index contributed by atoms with van der Waals surface area (Å²) in [4.78, 5) is 27.7. The van der Waals surface area contributed by atoms with Gasteiger partial charge < -0.3 is 0 Å². The first-order chi connectivity index (χ1) is 12.6. The standard InChI is InChI=1S/C22H20ClNO2/c1-14-17(23)9-5-10-18(14)24-19-11-6-12-20(25)22(19)16(13-21(24)26)15-7-3-2-4-8-15/h2-5,7-10,16H,6,11-13H2,1H3. The van der Waals surface area contributed by atoms with Gasteiger partial charge in [0, 0.05) is 35.1 Å². The minimum Gasteiger partial charge on any atom is -0.294 e. The van der Waals surface area contributed by atoms with E-state index in [0.717, 1.165) is 40.9 Å². The number of hydrogen-bond acceptors (Lipinski definition) is 2. The number of halogens is 1. The maximum atomic E-state index is 13.1. The van der Waals surface area contributed by atoms with Crippen LogP contribution in [0.5, 0.6) is 0 Å². The Morgan fingerprint density at radius 1 is 1.00 bits per heavy atom. The number of benzene rings is 2. The van der Waals surface area contributed by atoms with Crippen LogP contribution in [0, 0.1) is 6.92 Å². The largest absolute Gasteiger partial charge is 0.294 e. The van der Waals surface area contributed by atoms with E-state index in [1.807, 2.05) is 55.5 Å². The number of allylic oxidation sites excluding steroid dienone is 2. The minimum atomic E-state index is -0.151. The quantitative estimate of drug-likeness (QED) is 0.735. The Bertz CT molecular complexity index is 917. The summed E-state index contributed by atoms with van der Waals surface area (Å²) >= 11 is 6.29. The summed E-state index contributed by atoms with van der Waals surface area (Å²) in [5, 5.41) is 0.629. The Morgan fingerprint density at radius 2 is 1.77 bits per heavy atom. The number of hydrogen-bond donors (Lipinski definition) is 0. The molecule has 0 bridgehead atoms. The summed E-state index contributed by atoms with van der Waals surface area (Å²) in [5.74, 6) is 0.0391. The van der Waals surface area contributed by atoms with E-state index in [9.17, 15) is 9.59 Å². The molecular weight excluding hydrogens is 346 g/mol. The van der Waals surface area contributed by atoms with Crippen LogP contribution in [0.4, 0.5) is 5.69 Å². The van der Waals surface area contributed by atoms with E-state index in [1.165, 1.54) is 0 Å². The van der Waals surface area contributed by atoms with Crippen molar-refractivity contribution in [3.63, 3.8) is 0 Å². The third-order valence-electron chi connectivity index (χ3n) is 5.36. The molecule has 0 saturated heterocycles. The number of amides is 1. The number of Topliss-reactive ketones (excluding diaryl/α,β-unsaturated/α-hetero) is 1. The predicted molar refractivity (Wildman–Crippen MR) is 103 cm³/mol. The molecule has 1 atom stereocenters. The van der Waals surface area contributed by atoms with Gasteiger partial charge in [-0.15, -0.1) is 0 Å². The normalized spacial score (nSPS) is 20.4. The Hall–Kier alpha value is -2.39. The number of nitrogens with zero attached hydrogens (tertiary/aromatic N) is 1. The van der Waals surface area contributed by atoms with E-state index in [1.54, 1.807) is 4.90 Å². The van der Waals surface area contributed by atoms with Gasteiger partial charge in [0.15, 0.2) is 5.78 Å². The topological polar surface area (TPSA) is 37.4 Å². The van der Waals surface area contributed by atoms with Crippen LogP contribution in [-0.2, 0) is 9.59 Å². The van der Waals surface area contributed by atoms with Crippen molar-refractivity contribution in [1.82, 2.24) is 0 Å². The number of carbonyl (C=O) groups excluding carboxylic acids is 2. The highest BCUT2D eigenvalue weighted by molar-refractivity contribution is 6.31. The molecule has 1 unspecified atom stereocenters. The van der Waals surface area contributed by atoms with Gasteiger partial charge in [0.25, 0.3) is 0 Å². The lowest BCUT2D eigenvalue weighted by molar-refractivity contribution is -0.119. The van der Waals surface area contributed by atoms with E-state index in [4.69, 9.17) is 11.6 Å². The number of rotatable bonds is 2. The smallest absolute Gasteiger partial charge is 0.232 e. The molecule has 1 heterocycles. The van der Waals surface area contributed by atoms with Crippen molar-refractivity contribution in [2.45, 2.75) is 38.5 Å². The van der Waals surface area contributed by atoms with Crippen LogP contribution in [0.15, 0.2) is 59.8 Å². The Labute approximate surface area is 158 Å². The molecule has 0 saturated carbocycles. The third-order valence-corrected chi connectivity index (χ3v) is 5.77. The molecule has 26 heavy (non-hydrogen) atoms. The molecule has 4 heteroatoms. The fourth-order valence-corrected chi connectivity index (χ4v) is 4.25. The zero-order valence-corrected chi connectivity index (χ0v) is 15.4. The molecule has 2 aromatic carbocycles. The predicted octanol–water partition coefficient (Wildman–Crippen LogP) is 5.18. The average molecular weight is 366 g/mol. The van der Waals surface area contributed by atoms with Crippen molar-refractivity contribution in [2.75, 3.05) is 4.90 Å². The third kappa shape index (κ3) is 2.77.